The first-order chi connectivity index (χ1) is 18.7. The van der Waals surface area contributed by atoms with E-state index in [-0.39, 0.29) is 36.8 Å². The molecule has 202 valence electrons. The first-order valence-corrected chi connectivity index (χ1v) is 13.2. The largest absolute Gasteiger partial charge is 0.420 e. The number of halogens is 3. The number of benzene rings is 2. The molecule has 2 aromatic carbocycles. The van der Waals surface area contributed by atoms with Crippen molar-refractivity contribution in [2.45, 2.75) is 36.0 Å². The third kappa shape index (κ3) is 4.18. The van der Waals surface area contributed by atoms with Crippen molar-refractivity contribution >= 4 is 23.6 Å². The van der Waals surface area contributed by atoms with Gasteiger partial charge in [-0.25, -0.2) is 0 Å². The Labute approximate surface area is 224 Å². The van der Waals surface area contributed by atoms with E-state index in [4.69, 9.17) is 9.47 Å². The minimum Gasteiger partial charge on any atom is -0.420 e. The lowest BCUT2D eigenvalue weighted by molar-refractivity contribution is -0.138. The zero-order valence-electron chi connectivity index (χ0n) is 20.6. The van der Waals surface area contributed by atoms with E-state index in [1.165, 1.54) is 39.7 Å². The number of fused-ring (bicyclic) bond motifs is 4. The smallest absolute Gasteiger partial charge is 0.416 e. The maximum Gasteiger partial charge on any atom is 0.416 e. The standard InChI is InChI=1S/C27H22F3N3O5S/c1-15(34)38-25-20(35)9-10-32-24(25)26(36)31-11-12-37-13-22(31)33(32)23-16-6-4-7-19(27(28,29)30)18(16)14-39-21-8-3-2-5-17(21)23/h2-10,22-23H,11-14H2,1H3/t22-,23+/m1/s1. The molecule has 1 saturated heterocycles. The molecule has 0 unspecified atom stereocenters. The number of esters is 1. The van der Waals surface area contributed by atoms with Crippen molar-refractivity contribution in [3.63, 3.8) is 0 Å². The first-order valence-electron chi connectivity index (χ1n) is 12.2. The zero-order chi connectivity index (χ0) is 27.5. The summed E-state index contributed by atoms with van der Waals surface area (Å²) in [5, 5.41) is 1.76. The lowest BCUT2D eigenvalue weighted by Crippen LogP contribution is -2.66. The molecule has 3 aliphatic rings. The van der Waals surface area contributed by atoms with Crippen molar-refractivity contribution in [1.82, 2.24) is 9.58 Å². The van der Waals surface area contributed by atoms with E-state index in [1.807, 2.05) is 24.3 Å². The summed E-state index contributed by atoms with van der Waals surface area (Å²) < 4.78 is 55.0. The van der Waals surface area contributed by atoms with Gasteiger partial charge in [-0.05, 0) is 28.8 Å². The van der Waals surface area contributed by atoms with Crippen LogP contribution in [-0.4, -0.2) is 47.4 Å². The average Bonchev–Trinajstić information content (AvgIpc) is 3.07. The molecule has 0 N–H and O–H groups in total. The Morgan fingerprint density at radius 2 is 1.85 bits per heavy atom. The maximum atomic E-state index is 14.2. The van der Waals surface area contributed by atoms with E-state index in [0.717, 1.165) is 23.4 Å². The van der Waals surface area contributed by atoms with Crippen LogP contribution >= 0.6 is 11.8 Å². The number of carbonyl (C=O) groups is 2. The molecule has 1 aromatic heterocycles. The Morgan fingerprint density at radius 3 is 2.62 bits per heavy atom. The van der Waals surface area contributed by atoms with Gasteiger partial charge in [0.2, 0.25) is 11.2 Å². The van der Waals surface area contributed by atoms with Crippen molar-refractivity contribution in [2.24, 2.45) is 0 Å². The summed E-state index contributed by atoms with van der Waals surface area (Å²) in [4.78, 5) is 40.7. The van der Waals surface area contributed by atoms with Crippen molar-refractivity contribution in [3.8, 4) is 5.75 Å². The lowest BCUT2D eigenvalue weighted by Gasteiger charge is -2.51. The number of morpholine rings is 1. The highest BCUT2D eigenvalue weighted by molar-refractivity contribution is 7.98. The highest BCUT2D eigenvalue weighted by Crippen LogP contribution is 2.47. The van der Waals surface area contributed by atoms with Crippen LogP contribution in [0.4, 0.5) is 13.2 Å². The van der Waals surface area contributed by atoms with Gasteiger partial charge in [0, 0.05) is 36.4 Å². The van der Waals surface area contributed by atoms with Crippen LogP contribution in [0.25, 0.3) is 0 Å². The molecule has 12 heteroatoms. The van der Waals surface area contributed by atoms with Crippen LogP contribution in [0.5, 0.6) is 5.75 Å². The molecule has 0 bridgehead atoms. The number of rotatable bonds is 2. The van der Waals surface area contributed by atoms with Gasteiger partial charge < -0.3 is 14.4 Å². The predicted molar refractivity (Wildman–Crippen MR) is 135 cm³/mol. The summed E-state index contributed by atoms with van der Waals surface area (Å²) in [6.45, 7) is 1.63. The SMILES string of the molecule is CC(=O)Oc1c2n(ccc1=O)N([C@@H]1c3ccccc3SCc3c1cccc3C(F)(F)F)[C@@H]1COCCN1C2=O. The topological polar surface area (TPSA) is 81.1 Å². The molecule has 1 fully saturated rings. The first kappa shape index (κ1) is 25.5. The number of carbonyl (C=O) groups excluding carboxylic acids is 2. The van der Waals surface area contributed by atoms with Gasteiger partial charge >= 0.3 is 12.1 Å². The number of thioether (sulfide) groups is 1. The minimum atomic E-state index is -4.57. The molecule has 0 aliphatic carbocycles. The molecule has 4 heterocycles. The lowest BCUT2D eigenvalue weighted by atomic mass is 9.91. The normalized spacial score (nSPS) is 20.4. The third-order valence-electron chi connectivity index (χ3n) is 7.06. The van der Waals surface area contributed by atoms with Crippen molar-refractivity contribution in [3.05, 3.63) is 92.9 Å². The van der Waals surface area contributed by atoms with E-state index in [1.54, 1.807) is 11.1 Å². The van der Waals surface area contributed by atoms with Gasteiger partial charge in [0.05, 0.1) is 24.8 Å². The Kier molecular flexibility index (Phi) is 6.18. The Morgan fingerprint density at radius 1 is 1.08 bits per heavy atom. The molecule has 0 saturated carbocycles. The number of nitrogens with zero attached hydrogens (tertiary/aromatic N) is 3. The summed E-state index contributed by atoms with van der Waals surface area (Å²) in [6, 6.07) is 11.8. The quantitative estimate of drug-likeness (QED) is 0.442. The molecular weight excluding hydrogens is 535 g/mol. The van der Waals surface area contributed by atoms with Crippen LogP contribution in [0, 0.1) is 0 Å². The van der Waals surface area contributed by atoms with Crippen LogP contribution in [0.2, 0.25) is 0 Å². The highest BCUT2D eigenvalue weighted by Gasteiger charge is 2.47. The van der Waals surface area contributed by atoms with Gasteiger partial charge in [0.1, 0.15) is 6.17 Å². The number of ether oxygens (including phenoxy) is 2. The fraction of sp³-hybridized carbons (Fsp3) is 0.296. The fourth-order valence-electron chi connectivity index (χ4n) is 5.49. The highest BCUT2D eigenvalue weighted by atomic mass is 32.2. The second-order valence-electron chi connectivity index (χ2n) is 9.33. The Hall–Kier alpha value is -3.77. The molecule has 0 spiro atoms. The summed E-state index contributed by atoms with van der Waals surface area (Å²) >= 11 is 1.31. The van der Waals surface area contributed by atoms with Crippen LogP contribution in [0.3, 0.4) is 0 Å². The van der Waals surface area contributed by atoms with Crippen molar-refractivity contribution in [1.29, 1.82) is 0 Å². The summed E-state index contributed by atoms with van der Waals surface area (Å²) in [5.74, 6) is -1.65. The summed E-state index contributed by atoms with van der Waals surface area (Å²) in [6.07, 6.45) is -3.90. The predicted octanol–water partition coefficient (Wildman–Crippen LogP) is 3.94. The number of hydrogen-bond donors (Lipinski definition) is 0. The van der Waals surface area contributed by atoms with E-state index in [2.05, 4.69) is 0 Å². The van der Waals surface area contributed by atoms with Gasteiger partial charge in [-0.15, -0.1) is 11.8 Å². The molecule has 8 nitrogen and oxygen atoms in total. The van der Waals surface area contributed by atoms with Gasteiger partial charge in [0.25, 0.3) is 5.91 Å². The van der Waals surface area contributed by atoms with Crippen LogP contribution < -0.4 is 15.2 Å². The monoisotopic (exact) mass is 557 g/mol. The molecule has 3 aliphatic heterocycles. The molecule has 1 amide bonds. The van der Waals surface area contributed by atoms with Crippen molar-refractivity contribution < 1.29 is 32.2 Å². The number of pyridine rings is 1. The van der Waals surface area contributed by atoms with E-state index in [9.17, 15) is 27.6 Å². The fourth-order valence-corrected chi connectivity index (χ4v) is 6.63. The molecule has 6 rings (SSSR count). The third-order valence-corrected chi connectivity index (χ3v) is 8.18. The minimum absolute atomic E-state index is 0.0836. The summed E-state index contributed by atoms with van der Waals surface area (Å²) in [5.41, 5.74) is -0.262. The van der Waals surface area contributed by atoms with Gasteiger partial charge in [-0.2, -0.15) is 13.2 Å². The average molecular weight is 558 g/mol. The van der Waals surface area contributed by atoms with Crippen molar-refractivity contribution in [2.75, 3.05) is 24.8 Å². The zero-order valence-corrected chi connectivity index (χ0v) is 21.4. The molecule has 0 radical (unpaired) electrons. The van der Waals surface area contributed by atoms with Crippen LogP contribution in [0.15, 0.2) is 64.4 Å². The number of amides is 1. The second-order valence-corrected chi connectivity index (χ2v) is 10.3. The number of hydrogen-bond acceptors (Lipinski definition) is 7. The maximum absolute atomic E-state index is 14.2. The Bertz CT molecular complexity index is 1560. The molecule has 3 aromatic rings. The number of alkyl halides is 3. The molecular formula is C27H22F3N3O5S. The van der Waals surface area contributed by atoms with Gasteiger partial charge in [0.15, 0.2) is 5.69 Å². The van der Waals surface area contributed by atoms with E-state index in [0.29, 0.717) is 5.56 Å². The van der Waals surface area contributed by atoms with E-state index >= 15 is 0 Å². The van der Waals surface area contributed by atoms with Gasteiger partial charge in [-0.3, -0.25) is 24.1 Å². The van der Waals surface area contributed by atoms with Crippen LogP contribution in [-0.2, 0) is 21.5 Å². The van der Waals surface area contributed by atoms with Crippen LogP contribution in [0.1, 0.15) is 45.7 Å². The summed E-state index contributed by atoms with van der Waals surface area (Å²) in [7, 11) is 0. The molecule has 2 atom stereocenters. The van der Waals surface area contributed by atoms with E-state index < -0.39 is 47.0 Å². The Balaban J connectivity index is 1.67. The molecule has 39 heavy (non-hydrogen) atoms. The second kappa shape index (κ2) is 9.45. The van der Waals surface area contributed by atoms with Gasteiger partial charge in [-0.1, -0.05) is 30.3 Å². The number of aromatic nitrogens is 1.